The van der Waals surface area contributed by atoms with Crippen LogP contribution in [-0.2, 0) is 13.0 Å². The molecule has 1 aliphatic rings. The number of nitrogens with zero attached hydrogens (tertiary/aromatic N) is 3. The first-order chi connectivity index (χ1) is 14.6. The van der Waals surface area contributed by atoms with E-state index < -0.39 is 5.91 Å². The first-order valence-electron chi connectivity index (χ1n) is 9.83. The van der Waals surface area contributed by atoms with Crippen LogP contribution in [0.15, 0.2) is 41.8 Å². The molecule has 0 fully saturated rings. The Kier molecular flexibility index (Phi) is 4.63. The highest BCUT2D eigenvalue weighted by Crippen LogP contribution is 2.32. The number of fused-ring (bicyclic) bond motifs is 2. The quantitative estimate of drug-likeness (QED) is 0.513. The van der Waals surface area contributed by atoms with Crippen molar-refractivity contribution in [2.45, 2.75) is 26.3 Å². The topological polar surface area (TPSA) is 95.1 Å². The van der Waals surface area contributed by atoms with E-state index in [4.69, 9.17) is 20.4 Å². The molecule has 1 aromatic carbocycles. The molecule has 1 aliphatic heterocycles. The van der Waals surface area contributed by atoms with Crippen molar-refractivity contribution in [2.75, 3.05) is 11.9 Å². The molecule has 0 spiro atoms. The van der Waals surface area contributed by atoms with Gasteiger partial charge in [-0.15, -0.1) is 11.3 Å². The van der Waals surface area contributed by atoms with Gasteiger partial charge in [-0.25, -0.2) is 0 Å². The normalized spacial score (nSPS) is 13.1. The number of hydrogen-bond acceptors (Lipinski definition) is 6. The average Bonchev–Trinajstić information content (AvgIpc) is 3.38. The molecular weight excluding hydrogens is 398 g/mol. The maximum Gasteiger partial charge on any atom is 0.249 e. The van der Waals surface area contributed by atoms with Gasteiger partial charge in [-0.1, -0.05) is 12.1 Å². The van der Waals surface area contributed by atoms with Crippen LogP contribution in [0.4, 0.5) is 5.82 Å². The average molecular weight is 420 g/mol. The van der Waals surface area contributed by atoms with Gasteiger partial charge in [0, 0.05) is 21.5 Å². The van der Waals surface area contributed by atoms with Gasteiger partial charge in [0.1, 0.15) is 5.82 Å². The van der Waals surface area contributed by atoms with Crippen LogP contribution < -0.4 is 15.8 Å². The Morgan fingerprint density at radius 2 is 2.20 bits per heavy atom. The van der Waals surface area contributed by atoms with E-state index in [0.717, 1.165) is 40.8 Å². The lowest BCUT2D eigenvalue weighted by molar-refractivity contribution is 0.100. The minimum atomic E-state index is -0.453. The van der Waals surface area contributed by atoms with Gasteiger partial charge in [0.15, 0.2) is 0 Å². The van der Waals surface area contributed by atoms with Crippen molar-refractivity contribution in [2.24, 2.45) is 5.73 Å². The number of aryl methyl sites for hydroxylation is 1. The Labute approximate surface area is 177 Å². The number of nitrogens with one attached hydrogen (secondary N) is 1. The summed E-state index contributed by atoms with van der Waals surface area (Å²) < 4.78 is 7.82. The van der Waals surface area contributed by atoms with Crippen LogP contribution in [0, 0.1) is 6.92 Å². The number of hydrogen-bond donors (Lipinski definition) is 2. The fraction of sp³-hybridized carbons (Fsp3) is 0.227. The number of nitrogens with two attached hydrogens (primary N) is 1. The molecule has 4 aromatic rings. The van der Waals surface area contributed by atoms with Gasteiger partial charge in [0.05, 0.1) is 24.2 Å². The lowest BCUT2D eigenvalue weighted by Crippen LogP contribution is -2.17. The molecule has 0 aliphatic carbocycles. The first kappa shape index (κ1) is 18.6. The lowest BCUT2D eigenvalue weighted by Gasteiger charge is -2.21. The van der Waals surface area contributed by atoms with Gasteiger partial charge in [-0.3, -0.25) is 9.36 Å². The molecule has 3 aromatic heterocycles. The number of ether oxygens (including phenoxy) is 1. The highest BCUT2D eigenvalue weighted by molar-refractivity contribution is 7.09. The van der Waals surface area contributed by atoms with Crippen molar-refractivity contribution in [3.05, 3.63) is 63.5 Å². The lowest BCUT2D eigenvalue weighted by atomic mass is 10.1. The second kappa shape index (κ2) is 7.46. The van der Waals surface area contributed by atoms with E-state index in [9.17, 15) is 4.79 Å². The summed E-state index contributed by atoms with van der Waals surface area (Å²) in [5.41, 5.74) is 8.82. The van der Waals surface area contributed by atoms with E-state index in [1.807, 2.05) is 35.8 Å². The molecule has 4 heterocycles. The molecule has 8 heteroatoms. The summed E-state index contributed by atoms with van der Waals surface area (Å²) in [6, 6.07) is 11.6. The predicted octanol–water partition coefficient (Wildman–Crippen LogP) is 3.83. The summed E-state index contributed by atoms with van der Waals surface area (Å²) in [6.07, 6.45) is 1.82. The summed E-state index contributed by atoms with van der Waals surface area (Å²) in [6.45, 7) is 3.30. The Hall–Kier alpha value is -3.39. The highest BCUT2D eigenvalue weighted by Gasteiger charge is 2.22. The number of amides is 1. The molecule has 0 saturated carbocycles. The van der Waals surface area contributed by atoms with Crippen molar-refractivity contribution >= 4 is 34.0 Å². The molecule has 0 bridgehead atoms. The second-order valence-corrected chi connectivity index (χ2v) is 8.30. The van der Waals surface area contributed by atoms with Gasteiger partial charge >= 0.3 is 0 Å². The molecule has 0 unspecified atom stereocenters. The zero-order valence-electron chi connectivity index (χ0n) is 16.5. The van der Waals surface area contributed by atoms with Gasteiger partial charge in [-0.2, -0.15) is 9.97 Å². The summed E-state index contributed by atoms with van der Waals surface area (Å²) in [5, 5.41) is 6.32. The number of benzene rings is 1. The molecule has 30 heavy (non-hydrogen) atoms. The van der Waals surface area contributed by atoms with E-state index >= 15 is 0 Å². The van der Waals surface area contributed by atoms with Gasteiger partial charge in [-0.05, 0) is 49.4 Å². The number of primary amides is 1. The fourth-order valence-corrected chi connectivity index (χ4v) is 4.53. The summed E-state index contributed by atoms with van der Waals surface area (Å²) in [7, 11) is 0. The number of carbonyl (C=O) groups is 1. The Morgan fingerprint density at radius 1 is 1.30 bits per heavy atom. The van der Waals surface area contributed by atoms with E-state index in [0.29, 0.717) is 30.5 Å². The molecule has 0 radical (unpaired) electrons. The van der Waals surface area contributed by atoms with E-state index in [1.165, 1.54) is 4.88 Å². The Balaban J connectivity index is 1.64. The smallest absolute Gasteiger partial charge is 0.249 e. The van der Waals surface area contributed by atoms with E-state index in [-0.39, 0.29) is 0 Å². The molecule has 5 rings (SSSR count). The van der Waals surface area contributed by atoms with Gasteiger partial charge in [0.25, 0.3) is 0 Å². The Morgan fingerprint density at radius 3 is 3.00 bits per heavy atom. The number of carbonyl (C=O) groups excluding carboxylic acids is 1. The monoisotopic (exact) mass is 419 g/mol. The first-order valence-corrected chi connectivity index (χ1v) is 10.7. The van der Waals surface area contributed by atoms with Crippen LogP contribution >= 0.6 is 11.3 Å². The molecule has 152 valence electrons. The van der Waals surface area contributed by atoms with Crippen LogP contribution in [0.1, 0.15) is 32.9 Å². The number of anilines is 1. The van der Waals surface area contributed by atoms with E-state index in [2.05, 4.69) is 16.8 Å². The highest BCUT2D eigenvalue weighted by atomic mass is 32.1. The van der Waals surface area contributed by atoms with Crippen molar-refractivity contribution in [1.29, 1.82) is 0 Å². The molecule has 0 atom stereocenters. The molecule has 7 nitrogen and oxygen atoms in total. The Bertz CT molecular complexity index is 1250. The zero-order chi connectivity index (χ0) is 20.7. The van der Waals surface area contributed by atoms with Crippen LogP contribution in [0.2, 0.25) is 0 Å². The maximum absolute atomic E-state index is 11.9. The third-order valence-corrected chi connectivity index (χ3v) is 6.15. The van der Waals surface area contributed by atoms with Crippen molar-refractivity contribution in [1.82, 2.24) is 14.5 Å². The summed E-state index contributed by atoms with van der Waals surface area (Å²) in [5.74, 6) is 1.46. The predicted molar refractivity (Wildman–Crippen MR) is 118 cm³/mol. The largest absolute Gasteiger partial charge is 0.477 e. The van der Waals surface area contributed by atoms with Crippen molar-refractivity contribution in [3.63, 3.8) is 0 Å². The molecule has 3 N–H and O–H groups in total. The summed E-state index contributed by atoms with van der Waals surface area (Å²) >= 11 is 1.70. The molecular formula is C22H21N5O2S. The standard InChI is InChI=1S/C22H21N5O2S/c1-13-11-17-15(19(23)28)6-2-8-18(17)27(13)22-25-20(24-12-14-5-4-10-30-14)16-7-3-9-29-21(16)26-22/h2,4-6,8,10-11H,3,7,9,12H2,1H3,(H2,23,28)(H,24,25,26). The van der Waals surface area contributed by atoms with Crippen molar-refractivity contribution in [3.8, 4) is 11.8 Å². The SMILES string of the molecule is Cc1cc2c(C(N)=O)cccc2n1-c1nc(NCc2cccs2)c2c(n1)OCCC2. The number of rotatable bonds is 5. The maximum atomic E-state index is 11.9. The zero-order valence-corrected chi connectivity index (χ0v) is 17.3. The number of thiophene rings is 1. The van der Waals surface area contributed by atoms with Gasteiger partial charge in [0.2, 0.25) is 17.7 Å². The fourth-order valence-electron chi connectivity index (χ4n) is 3.89. The third kappa shape index (κ3) is 3.19. The van der Waals surface area contributed by atoms with E-state index in [1.54, 1.807) is 17.4 Å². The van der Waals surface area contributed by atoms with Crippen LogP contribution in [-0.4, -0.2) is 27.0 Å². The van der Waals surface area contributed by atoms with Crippen molar-refractivity contribution < 1.29 is 9.53 Å². The van der Waals surface area contributed by atoms with Gasteiger partial charge < -0.3 is 15.8 Å². The minimum Gasteiger partial charge on any atom is -0.477 e. The molecule has 0 saturated heterocycles. The van der Waals surface area contributed by atoms with Crippen LogP contribution in [0.25, 0.3) is 16.9 Å². The minimum absolute atomic E-state index is 0.453. The third-order valence-electron chi connectivity index (χ3n) is 5.27. The molecule has 1 amide bonds. The second-order valence-electron chi connectivity index (χ2n) is 7.26. The summed E-state index contributed by atoms with van der Waals surface area (Å²) in [4.78, 5) is 22.7. The van der Waals surface area contributed by atoms with Crippen LogP contribution in [0.5, 0.6) is 5.88 Å². The number of aromatic nitrogens is 3. The van der Waals surface area contributed by atoms with Crippen LogP contribution in [0.3, 0.4) is 0 Å².